The van der Waals surface area contributed by atoms with Crippen LogP contribution in [0.2, 0.25) is 5.02 Å². The van der Waals surface area contributed by atoms with Crippen molar-refractivity contribution < 1.29 is 13.9 Å². The number of nitrogens with zero attached hydrogens (tertiary/aromatic N) is 1. The molecule has 1 saturated heterocycles. The van der Waals surface area contributed by atoms with E-state index in [0.29, 0.717) is 30.5 Å². The number of hydrogen-bond acceptors (Lipinski definition) is 4. The zero-order valence-corrected chi connectivity index (χ0v) is 17.5. The van der Waals surface area contributed by atoms with Gasteiger partial charge in [0, 0.05) is 35.6 Å². The van der Waals surface area contributed by atoms with E-state index in [9.17, 15) is 4.79 Å². The molecule has 1 aromatic heterocycles. The molecule has 0 saturated carbocycles. The molecule has 29 heavy (non-hydrogen) atoms. The van der Waals surface area contributed by atoms with Crippen LogP contribution >= 0.6 is 11.6 Å². The third-order valence-electron chi connectivity index (χ3n) is 5.50. The predicted molar refractivity (Wildman–Crippen MR) is 115 cm³/mol. The number of carbonyl (C=O) groups is 1. The van der Waals surface area contributed by atoms with Crippen molar-refractivity contribution in [1.82, 2.24) is 10.2 Å². The van der Waals surface area contributed by atoms with E-state index < -0.39 is 0 Å². The molecule has 1 aliphatic rings. The number of amides is 1. The number of ether oxygens (including phenoxy) is 1. The summed E-state index contributed by atoms with van der Waals surface area (Å²) >= 11 is 6.06. The minimum Gasteiger partial charge on any atom is -0.451 e. The van der Waals surface area contributed by atoms with Gasteiger partial charge in [-0.05, 0) is 43.2 Å². The van der Waals surface area contributed by atoms with E-state index in [1.165, 1.54) is 0 Å². The van der Waals surface area contributed by atoms with Crippen LogP contribution in [0.1, 0.15) is 33.3 Å². The molecule has 1 fully saturated rings. The van der Waals surface area contributed by atoms with Gasteiger partial charge in [0.25, 0.3) is 5.91 Å². The molecule has 2 aromatic carbocycles. The molecule has 152 valence electrons. The number of halogens is 1. The van der Waals surface area contributed by atoms with Crippen LogP contribution < -0.4 is 5.32 Å². The van der Waals surface area contributed by atoms with Gasteiger partial charge in [0.1, 0.15) is 5.58 Å². The lowest BCUT2D eigenvalue weighted by molar-refractivity contribution is 0.0161. The minimum absolute atomic E-state index is 0.0482. The van der Waals surface area contributed by atoms with E-state index in [0.717, 1.165) is 40.7 Å². The van der Waals surface area contributed by atoms with Crippen molar-refractivity contribution in [1.29, 1.82) is 0 Å². The first-order chi connectivity index (χ1) is 14.0. The first-order valence-corrected chi connectivity index (χ1v) is 10.3. The van der Waals surface area contributed by atoms with Crippen molar-refractivity contribution in [3.63, 3.8) is 0 Å². The summed E-state index contributed by atoms with van der Waals surface area (Å²) in [5.41, 5.74) is 3.84. The number of fused-ring (bicyclic) bond motifs is 1. The highest BCUT2D eigenvalue weighted by atomic mass is 35.5. The summed E-state index contributed by atoms with van der Waals surface area (Å²) < 4.78 is 11.4. The molecule has 0 radical (unpaired) electrons. The molecule has 4 rings (SSSR count). The Bertz CT molecular complexity index is 1010. The maximum absolute atomic E-state index is 12.9. The maximum Gasteiger partial charge on any atom is 0.287 e. The Balaban J connectivity index is 1.54. The van der Waals surface area contributed by atoms with Gasteiger partial charge in [-0.25, -0.2) is 0 Å². The summed E-state index contributed by atoms with van der Waals surface area (Å²) in [5, 5.41) is 4.75. The molecule has 0 unspecified atom stereocenters. The number of rotatable bonds is 5. The highest BCUT2D eigenvalue weighted by Gasteiger charge is 2.25. The first kappa shape index (κ1) is 20.0. The monoisotopic (exact) mass is 412 g/mol. The van der Waals surface area contributed by atoms with Crippen molar-refractivity contribution in [3.05, 3.63) is 69.9 Å². The van der Waals surface area contributed by atoms with E-state index in [-0.39, 0.29) is 11.9 Å². The van der Waals surface area contributed by atoms with Crippen LogP contribution in [0.3, 0.4) is 0 Å². The fourth-order valence-corrected chi connectivity index (χ4v) is 3.98. The van der Waals surface area contributed by atoms with Crippen LogP contribution in [0.5, 0.6) is 0 Å². The van der Waals surface area contributed by atoms with E-state index in [2.05, 4.69) is 10.2 Å². The van der Waals surface area contributed by atoms with Gasteiger partial charge in [-0.15, -0.1) is 0 Å². The highest BCUT2D eigenvalue weighted by molar-refractivity contribution is 6.30. The Morgan fingerprint density at radius 1 is 1.14 bits per heavy atom. The van der Waals surface area contributed by atoms with Gasteiger partial charge < -0.3 is 14.5 Å². The first-order valence-electron chi connectivity index (χ1n) is 9.88. The Morgan fingerprint density at radius 3 is 2.59 bits per heavy atom. The van der Waals surface area contributed by atoms with Gasteiger partial charge in [-0.2, -0.15) is 0 Å². The van der Waals surface area contributed by atoms with E-state index in [4.69, 9.17) is 20.8 Å². The Morgan fingerprint density at radius 2 is 1.86 bits per heavy atom. The lowest BCUT2D eigenvalue weighted by Gasteiger charge is -2.34. The molecule has 1 aliphatic heterocycles. The standard InChI is InChI=1S/C23H25ClN2O3/c1-15-3-8-19-16(2)22(29-21(19)13-15)23(27)25-14-20(26-9-11-28-12-10-26)17-4-6-18(24)7-5-17/h3-8,13,20H,9-12,14H2,1-2H3,(H,25,27)/t20-/m1/s1. The predicted octanol–water partition coefficient (Wildman–Crippen LogP) is 4.51. The summed E-state index contributed by atoms with van der Waals surface area (Å²) in [5.74, 6) is 0.186. The number of morpholine rings is 1. The zero-order valence-electron chi connectivity index (χ0n) is 16.7. The van der Waals surface area contributed by atoms with E-state index in [1.54, 1.807) is 0 Å². The zero-order chi connectivity index (χ0) is 20.4. The number of benzene rings is 2. The van der Waals surface area contributed by atoms with Crippen molar-refractivity contribution in [2.75, 3.05) is 32.8 Å². The molecule has 3 aromatic rings. The topological polar surface area (TPSA) is 54.7 Å². The normalized spacial score (nSPS) is 16.1. The van der Waals surface area contributed by atoms with Crippen LogP contribution in [0.4, 0.5) is 0 Å². The third-order valence-corrected chi connectivity index (χ3v) is 5.75. The van der Waals surface area contributed by atoms with E-state index in [1.807, 2.05) is 56.3 Å². The SMILES string of the molecule is Cc1ccc2c(C)c(C(=O)NC[C@H](c3ccc(Cl)cc3)N3CCOCC3)oc2c1. The Labute approximate surface area is 175 Å². The van der Waals surface area contributed by atoms with Gasteiger partial charge in [-0.3, -0.25) is 9.69 Å². The number of aryl methyl sites for hydroxylation is 2. The Hall–Kier alpha value is -2.34. The molecular formula is C23H25ClN2O3. The smallest absolute Gasteiger partial charge is 0.287 e. The van der Waals surface area contributed by atoms with Crippen molar-refractivity contribution >= 4 is 28.5 Å². The van der Waals surface area contributed by atoms with E-state index >= 15 is 0 Å². The van der Waals surface area contributed by atoms with Crippen molar-refractivity contribution in [2.24, 2.45) is 0 Å². The molecule has 6 heteroatoms. The maximum atomic E-state index is 12.9. The second kappa shape index (κ2) is 8.57. The van der Waals surface area contributed by atoms with Crippen LogP contribution in [-0.2, 0) is 4.74 Å². The number of carbonyl (C=O) groups excluding carboxylic acids is 1. The quantitative estimate of drug-likeness (QED) is 0.670. The number of furan rings is 1. The Kier molecular flexibility index (Phi) is 5.90. The molecule has 0 bridgehead atoms. The molecule has 0 aliphatic carbocycles. The molecule has 1 amide bonds. The van der Waals surface area contributed by atoms with Crippen LogP contribution in [0.15, 0.2) is 46.9 Å². The molecule has 1 atom stereocenters. The van der Waals surface area contributed by atoms with Crippen LogP contribution in [0.25, 0.3) is 11.0 Å². The number of nitrogens with one attached hydrogen (secondary N) is 1. The summed E-state index contributed by atoms with van der Waals surface area (Å²) in [6, 6.07) is 13.9. The molecule has 5 nitrogen and oxygen atoms in total. The second-order valence-electron chi connectivity index (χ2n) is 7.48. The summed E-state index contributed by atoms with van der Waals surface area (Å²) in [6.07, 6.45) is 0. The van der Waals surface area contributed by atoms with Crippen molar-refractivity contribution in [3.8, 4) is 0 Å². The van der Waals surface area contributed by atoms with Gasteiger partial charge in [0.15, 0.2) is 5.76 Å². The molecule has 0 spiro atoms. The highest BCUT2D eigenvalue weighted by Crippen LogP contribution is 2.27. The molecule has 1 N–H and O–H groups in total. The fourth-order valence-electron chi connectivity index (χ4n) is 3.85. The van der Waals surface area contributed by atoms with Gasteiger partial charge >= 0.3 is 0 Å². The van der Waals surface area contributed by atoms with Crippen molar-refractivity contribution in [2.45, 2.75) is 19.9 Å². The van der Waals surface area contributed by atoms with Gasteiger partial charge in [0.05, 0.1) is 19.3 Å². The molecule has 2 heterocycles. The van der Waals surface area contributed by atoms with Crippen LogP contribution in [-0.4, -0.2) is 43.7 Å². The average Bonchev–Trinajstić information content (AvgIpc) is 3.06. The average molecular weight is 413 g/mol. The third kappa shape index (κ3) is 4.32. The number of hydrogen-bond donors (Lipinski definition) is 1. The minimum atomic E-state index is -0.191. The summed E-state index contributed by atoms with van der Waals surface area (Å²) in [4.78, 5) is 15.3. The lowest BCUT2D eigenvalue weighted by Crippen LogP contribution is -2.43. The largest absolute Gasteiger partial charge is 0.451 e. The molecular weight excluding hydrogens is 388 g/mol. The van der Waals surface area contributed by atoms with Gasteiger partial charge in [0.2, 0.25) is 0 Å². The summed E-state index contributed by atoms with van der Waals surface area (Å²) in [6.45, 7) is 7.46. The summed E-state index contributed by atoms with van der Waals surface area (Å²) in [7, 11) is 0. The lowest BCUT2D eigenvalue weighted by atomic mass is 10.0. The fraction of sp³-hybridized carbons (Fsp3) is 0.348. The second-order valence-corrected chi connectivity index (χ2v) is 7.92. The van der Waals surface area contributed by atoms with Crippen LogP contribution in [0, 0.1) is 13.8 Å². The van der Waals surface area contributed by atoms with Gasteiger partial charge in [-0.1, -0.05) is 35.9 Å².